The van der Waals surface area contributed by atoms with Gasteiger partial charge in [-0.1, -0.05) is 35.3 Å². The first-order chi connectivity index (χ1) is 15.0. The van der Waals surface area contributed by atoms with Gasteiger partial charge in [0.1, 0.15) is 5.02 Å². The maximum atomic E-state index is 11.7. The van der Waals surface area contributed by atoms with E-state index in [1.165, 1.54) is 6.20 Å². The number of carbonyl (C=O) groups is 1. The molecule has 4 N–H and O–H groups in total. The standard InChI is InChI=1S/C21H20Cl2N6O2/c22-15-11-13(5-6-18(15)29-7-9-31-10-8-29)26-21-25-12-16(23)20(28-21)27-17-4-2-1-3-14(17)19(24)30/h1-6,11-12H,7-10H2,(H2,24,30)(H2,25,26,27,28). The maximum absolute atomic E-state index is 11.7. The minimum Gasteiger partial charge on any atom is -0.378 e. The summed E-state index contributed by atoms with van der Waals surface area (Å²) >= 11 is 12.7. The summed E-state index contributed by atoms with van der Waals surface area (Å²) in [5.41, 5.74) is 7.95. The van der Waals surface area contributed by atoms with E-state index in [2.05, 4.69) is 25.5 Å². The smallest absolute Gasteiger partial charge is 0.250 e. The molecule has 0 aliphatic carbocycles. The van der Waals surface area contributed by atoms with Crippen LogP contribution in [0.1, 0.15) is 10.4 Å². The summed E-state index contributed by atoms with van der Waals surface area (Å²) in [6.07, 6.45) is 1.47. The van der Waals surface area contributed by atoms with E-state index < -0.39 is 5.91 Å². The first-order valence-corrected chi connectivity index (χ1v) is 10.3. The van der Waals surface area contributed by atoms with Gasteiger partial charge in [-0.15, -0.1) is 0 Å². The lowest BCUT2D eigenvalue weighted by atomic mass is 10.1. The fourth-order valence-corrected chi connectivity index (χ4v) is 3.66. The predicted octanol–water partition coefficient (Wildman–Crippen LogP) is 4.21. The molecule has 1 fully saturated rings. The summed E-state index contributed by atoms with van der Waals surface area (Å²) in [5.74, 6) is 0.101. The number of anilines is 5. The lowest BCUT2D eigenvalue weighted by Crippen LogP contribution is -2.36. The minimum absolute atomic E-state index is 0.297. The van der Waals surface area contributed by atoms with Gasteiger partial charge in [0.05, 0.1) is 41.4 Å². The molecule has 0 radical (unpaired) electrons. The molecule has 2 heterocycles. The second-order valence-electron chi connectivity index (χ2n) is 6.82. The molecule has 2 aromatic carbocycles. The summed E-state index contributed by atoms with van der Waals surface area (Å²) < 4.78 is 5.39. The van der Waals surface area contributed by atoms with Crippen molar-refractivity contribution in [3.8, 4) is 0 Å². The quantitative estimate of drug-likeness (QED) is 0.507. The first-order valence-electron chi connectivity index (χ1n) is 9.59. The second-order valence-corrected chi connectivity index (χ2v) is 7.63. The number of primary amides is 1. The van der Waals surface area contributed by atoms with Gasteiger partial charge in [-0.2, -0.15) is 4.98 Å². The SMILES string of the molecule is NC(=O)c1ccccc1Nc1nc(Nc2ccc(N3CCOCC3)c(Cl)c2)ncc1Cl. The Balaban J connectivity index is 1.54. The number of carbonyl (C=O) groups excluding carboxylic acids is 1. The van der Waals surface area contributed by atoms with E-state index in [0.29, 0.717) is 46.3 Å². The Bertz CT molecular complexity index is 1100. The minimum atomic E-state index is -0.554. The third-order valence-corrected chi connectivity index (χ3v) is 5.32. The van der Waals surface area contributed by atoms with Crippen LogP contribution in [-0.2, 0) is 4.74 Å². The van der Waals surface area contributed by atoms with Gasteiger partial charge in [0.25, 0.3) is 5.91 Å². The number of nitrogens with zero attached hydrogens (tertiary/aromatic N) is 3. The molecule has 0 saturated carbocycles. The molecule has 1 aromatic heterocycles. The van der Waals surface area contributed by atoms with Crippen molar-refractivity contribution < 1.29 is 9.53 Å². The highest BCUT2D eigenvalue weighted by Crippen LogP contribution is 2.31. The highest BCUT2D eigenvalue weighted by Gasteiger charge is 2.15. The van der Waals surface area contributed by atoms with Crippen molar-refractivity contribution in [2.24, 2.45) is 5.73 Å². The number of amides is 1. The van der Waals surface area contributed by atoms with E-state index in [-0.39, 0.29) is 0 Å². The summed E-state index contributed by atoms with van der Waals surface area (Å²) in [6, 6.07) is 12.5. The van der Waals surface area contributed by atoms with Gasteiger partial charge in [0, 0.05) is 18.8 Å². The summed E-state index contributed by atoms with van der Waals surface area (Å²) in [5, 5.41) is 7.09. The van der Waals surface area contributed by atoms with Gasteiger partial charge in [-0.05, 0) is 30.3 Å². The number of benzene rings is 2. The van der Waals surface area contributed by atoms with E-state index in [0.717, 1.165) is 24.5 Å². The summed E-state index contributed by atoms with van der Waals surface area (Å²) in [6.45, 7) is 2.97. The van der Waals surface area contributed by atoms with Crippen molar-refractivity contribution >= 4 is 57.9 Å². The van der Waals surface area contributed by atoms with Crippen LogP contribution in [0.15, 0.2) is 48.7 Å². The zero-order chi connectivity index (χ0) is 21.8. The Morgan fingerprint density at radius 2 is 1.84 bits per heavy atom. The molecule has 0 spiro atoms. The van der Waals surface area contributed by atoms with E-state index in [1.807, 2.05) is 18.2 Å². The molecular weight excluding hydrogens is 439 g/mol. The number of nitrogens with one attached hydrogen (secondary N) is 2. The molecule has 160 valence electrons. The van der Waals surface area contributed by atoms with Crippen LogP contribution in [0.3, 0.4) is 0 Å². The van der Waals surface area contributed by atoms with Crippen LogP contribution in [-0.4, -0.2) is 42.2 Å². The van der Waals surface area contributed by atoms with Crippen molar-refractivity contribution in [2.45, 2.75) is 0 Å². The first kappa shape index (κ1) is 21.2. The van der Waals surface area contributed by atoms with Crippen molar-refractivity contribution in [3.05, 3.63) is 64.3 Å². The zero-order valence-corrected chi connectivity index (χ0v) is 18.0. The van der Waals surface area contributed by atoms with Gasteiger partial charge in [-0.25, -0.2) is 4.98 Å². The molecule has 1 aliphatic heterocycles. The van der Waals surface area contributed by atoms with Crippen LogP contribution in [0.5, 0.6) is 0 Å². The lowest BCUT2D eigenvalue weighted by molar-refractivity contribution is 0.100. The number of halogens is 2. The van der Waals surface area contributed by atoms with Crippen molar-refractivity contribution in [1.82, 2.24) is 9.97 Å². The van der Waals surface area contributed by atoms with Gasteiger partial charge in [0.15, 0.2) is 5.82 Å². The van der Waals surface area contributed by atoms with Gasteiger partial charge in [-0.3, -0.25) is 4.79 Å². The fourth-order valence-electron chi connectivity index (χ4n) is 3.22. The van der Waals surface area contributed by atoms with Gasteiger partial charge < -0.3 is 26.0 Å². The van der Waals surface area contributed by atoms with Crippen LogP contribution in [0.25, 0.3) is 0 Å². The van der Waals surface area contributed by atoms with E-state index in [1.54, 1.807) is 24.3 Å². The molecule has 1 saturated heterocycles. The van der Waals surface area contributed by atoms with Gasteiger partial charge >= 0.3 is 0 Å². The number of hydrogen-bond donors (Lipinski definition) is 3. The normalized spacial score (nSPS) is 13.7. The molecule has 10 heteroatoms. The number of nitrogens with two attached hydrogens (primary N) is 1. The number of morpholine rings is 1. The molecule has 0 atom stereocenters. The van der Waals surface area contributed by atoms with Crippen molar-refractivity contribution in [3.63, 3.8) is 0 Å². The molecule has 3 aromatic rings. The topological polar surface area (TPSA) is 105 Å². The van der Waals surface area contributed by atoms with E-state index in [4.69, 9.17) is 33.7 Å². The largest absolute Gasteiger partial charge is 0.378 e. The Kier molecular flexibility index (Phi) is 6.41. The maximum Gasteiger partial charge on any atom is 0.250 e. The fraction of sp³-hybridized carbons (Fsp3) is 0.190. The molecule has 4 rings (SSSR count). The Hall–Kier alpha value is -3.07. The monoisotopic (exact) mass is 458 g/mol. The number of hydrogen-bond acceptors (Lipinski definition) is 7. The van der Waals surface area contributed by atoms with E-state index in [9.17, 15) is 4.79 Å². The van der Waals surface area contributed by atoms with Gasteiger partial charge in [0.2, 0.25) is 5.95 Å². The second kappa shape index (κ2) is 9.38. The van der Waals surface area contributed by atoms with E-state index >= 15 is 0 Å². The Labute approximate surface area is 189 Å². The highest BCUT2D eigenvalue weighted by atomic mass is 35.5. The van der Waals surface area contributed by atoms with Crippen molar-refractivity contribution in [1.29, 1.82) is 0 Å². The average molecular weight is 459 g/mol. The molecule has 0 bridgehead atoms. The summed E-state index contributed by atoms with van der Waals surface area (Å²) in [4.78, 5) is 22.5. The van der Waals surface area contributed by atoms with Crippen LogP contribution in [0.4, 0.5) is 28.8 Å². The predicted molar refractivity (Wildman–Crippen MR) is 123 cm³/mol. The lowest BCUT2D eigenvalue weighted by Gasteiger charge is -2.29. The molecule has 8 nitrogen and oxygen atoms in total. The number of aromatic nitrogens is 2. The molecular formula is C21H20Cl2N6O2. The average Bonchev–Trinajstić information content (AvgIpc) is 2.77. The Morgan fingerprint density at radius 1 is 1.06 bits per heavy atom. The summed E-state index contributed by atoms with van der Waals surface area (Å²) in [7, 11) is 0. The molecule has 1 aliphatic rings. The molecule has 1 amide bonds. The number of ether oxygens (including phenoxy) is 1. The third kappa shape index (κ3) is 4.99. The Morgan fingerprint density at radius 3 is 2.58 bits per heavy atom. The van der Waals surface area contributed by atoms with Crippen LogP contribution >= 0.6 is 23.2 Å². The molecule has 31 heavy (non-hydrogen) atoms. The van der Waals surface area contributed by atoms with Crippen molar-refractivity contribution in [2.75, 3.05) is 41.8 Å². The third-order valence-electron chi connectivity index (χ3n) is 4.75. The van der Waals surface area contributed by atoms with Crippen LogP contribution in [0, 0.1) is 0 Å². The number of para-hydroxylation sites is 1. The van der Waals surface area contributed by atoms with Crippen LogP contribution in [0.2, 0.25) is 10.0 Å². The van der Waals surface area contributed by atoms with Crippen LogP contribution < -0.4 is 21.3 Å². The zero-order valence-electron chi connectivity index (χ0n) is 16.4. The highest BCUT2D eigenvalue weighted by molar-refractivity contribution is 6.33. The number of rotatable bonds is 6. The molecule has 0 unspecified atom stereocenters.